The van der Waals surface area contributed by atoms with Crippen molar-refractivity contribution in [2.24, 2.45) is 0 Å². The minimum Gasteiger partial charge on any atom is -0.207 e. The van der Waals surface area contributed by atoms with Gasteiger partial charge in [-0.15, -0.1) is 6.58 Å². The molecule has 0 aromatic heterocycles. The number of nitrogens with zero attached hydrogens (tertiary/aromatic N) is 1. The van der Waals surface area contributed by atoms with Gasteiger partial charge in [-0.2, -0.15) is 4.31 Å². The van der Waals surface area contributed by atoms with Crippen molar-refractivity contribution in [2.45, 2.75) is 18.2 Å². The van der Waals surface area contributed by atoms with Gasteiger partial charge in [0.2, 0.25) is 10.0 Å². The molecular formula is C12H16FNO2S. The van der Waals surface area contributed by atoms with Gasteiger partial charge in [-0.1, -0.05) is 25.1 Å². The highest BCUT2D eigenvalue weighted by atomic mass is 32.2. The van der Waals surface area contributed by atoms with Gasteiger partial charge in [0.05, 0.1) is 0 Å². The van der Waals surface area contributed by atoms with E-state index in [1.165, 1.54) is 28.6 Å². The summed E-state index contributed by atoms with van der Waals surface area (Å²) in [5.41, 5.74) is 0. The summed E-state index contributed by atoms with van der Waals surface area (Å²) in [6, 6.07) is 5.39. The van der Waals surface area contributed by atoms with E-state index in [9.17, 15) is 12.8 Å². The molecule has 0 atom stereocenters. The summed E-state index contributed by atoms with van der Waals surface area (Å²) in [7, 11) is -3.77. The molecule has 0 heterocycles. The molecule has 0 spiro atoms. The van der Waals surface area contributed by atoms with Crippen molar-refractivity contribution in [3.63, 3.8) is 0 Å². The lowest BCUT2D eigenvalue weighted by Gasteiger charge is -2.20. The average Bonchev–Trinajstić information content (AvgIpc) is 2.29. The Morgan fingerprint density at radius 3 is 2.59 bits per heavy atom. The van der Waals surface area contributed by atoms with E-state index in [4.69, 9.17) is 0 Å². The zero-order valence-electron chi connectivity index (χ0n) is 9.77. The van der Waals surface area contributed by atoms with Gasteiger partial charge in [0.25, 0.3) is 0 Å². The Morgan fingerprint density at radius 1 is 1.41 bits per heavy atom. The first kappa shape index (κ1) is 13.9. The van der Waals surface area contributed by atoms with Gasteiger partial charge in [-0.25, -0.2) is 12.8 Å². The first-order chi connectivity index (χ1) is 8.04. The minimum absolute atomic E-state index is 0.185. The summed E-state index contributed by atoms with van der Waals surface area (Å²) in [6.45, 7) is 5.92. The van der Waals surface area contributed by atoms with E-state index in [2.05, 4.69) is 6.58 Å². The van der Waals surface area contributed by atoms with Crippen LogP contribution in [0.3, 0.4) is 0 Å². The molecule has 1 rings (SSSR count). The van der Waals surface area contributed by atoms with Crippen molar-refractivity contribution in [3.05, 3.63) is 42.7 Å². The Kier molecular flexibility index (Phi) is 4.84. The lowest BCUT2D eigenvalue weighted by atomic mass is 10.3. The van der Waals surface area contributed by atoms with E-state index in [-0.39, 0.29) is 11.4 Å². The molecule has 0 saturated carbocycles. The number of halogens is 1. The highest BCUT2D eigenvalue weighted by molar-refractivity contribution is 7.89. The fourth-order valence-electron chi connectivity index (χ4n) is 1.50. The van der Waals surface area contributed by atoms with Crippen molar-refractivity contribution >= 4 is 10.0 Å². The molecule has 0 aliphatic rings. The predicted molar refractivity (Wildman–Crippen MR) is 65.6 cm³/mol. The second-order valence-electron chi connectivity index (χ2n) is 3.58. The topological polar surface area (TPSA) is 37.4 Å². The molecule has 0 aliphatic heterocycles. The number of hydrogen-bond acceptors (Lipinski definition) is 2. The molecule has 0 saturated heterocycles. The van der Waals surface area contributed by atoms with Crippen LogP contribution >= 0.6 is 0 Å². The van der Waals surface area contributed by atoms with Crippen molar-refractivity contribution < 1.29 is 12.8 Å². The summed E-state index contributed by atoms with van der Waals surface area (Å²) in [6.07, 6.45) is 2.16. The molecule has 94 valence electrons. The van der Waals surface area contributed by atoms with Crippen molar-refractivity contribution in [3.8, 4) is 0 Å². The van der Waals surface area contributed by atoms with Crippen LogP contribution in [-0.2, 0) is 10.0 Å². The fraction of sp³-hybridized carbons (Fsp3) is 0.333. The van der Waals surface area contributed by atoms with Crippen LogP contribution in [0.2, 0.25) is 0 Å². The normalized spacial score (nSPS) is 11.7. The zero-order valence-corrected chi connectivity index (χ0v) is 10.6. The van der Waals surface area contributed by atoms with E-state index in [1.807, 2.05) is 6.92 Å². The molecule has 0 fully saturated rings. The number of benzene rings is 1. The maximum Gasteiger partial charge on any atom is 0.246 e. The molecule has 1 aromatic carbocycles. The molecule has 1 aromatic rings. The van der Waals surface area contributed by atoms with Crippen molar-refractivity contribution in [1.29, 1.82) is 0 Å². The molecule has 0 radical (unpaired) electrons. The number of hydrogen-bond donors (Lipinski definition) is 0. The van der Waals surface area contributed by atoms with E-state index in [0.717, 1.165) is 6.07 Å². The van der Waals surface area contributed by atoms with Crippen LogP contribution in [0.25, 0.3) is 0 Å². The standard InChI is InChI=1S/C12H16FNO2S/c1-3-9-14(10-4-2)17(15,16)12-8-6-5-7-11(12)13/h3,5-8H,1,4,9-10H2,2H3. The largest absolute Gasteiger partial charge is 0.246 e. The average molecular weight is 257 g/mol. The van der Waals surface area contributed by atoms with E-state index in [0.29, 0.717) is 13.0 Å². The number of sulfonamides is 1. The molecule has 5 heteroatoms. The smallest absolute Gasteiger partial charge is 0.207 e. The second-order valence-corrected chi connectivity index (χ2v) is 5.49. The Bertz CT molecular complexity index is 485. The Hall–Kier alpha value is -1.20. The SMILES string of the molecule is C=CCN(CCC)S(=O)(=O)c1ccccc1F. The van der Waals surface area contributed by atoms with E-state index in [1.54, 1.807) is 0 Å². The lowest BCUT2D eigenvalue weighted by Crippen LogP contribution is -2.32. The Labute approximate surface area is 102 Å². The molecule has 0 amide bonds. The van der Waals surface area contributed by atoms with Crippen LogP contribution in [0, 0.1) is 5.82 Å². The first-order valence-corrected chi connectivity index (χ1v) is 6.83. The van der Waals surface area contributed by atoms with E-state index < -0.39 is 15.8 Å². The summed E-state index contributed by atoms with van der Waals surface area (Å²) < 4.78 is 39.1. The van der Waals surface area contributed by atoms with Gasteiger partial charge in [-0.05, 0) is 18.6 Å². The highest BCUT2D eigenvalue weighted by Crippen LogP contribution is 2.19. The maximum atomic E-state index is 13.5. The minimum atomic E-state index is -3.77. The van der Waals surface area contributed by atoms with Crippen LogP contribution < -0.4 is 0 Å². The van der Waals surface area contributed by atoms with Crippen LogP contribution in [0.15, 0.2) is 41.8 Å². The molecule has 17 heavy (non-hydrogen) atoms. The third-order valence-electron chi connectivity index (χ3n) is 2.26. The van der Waals surface area contributed by atoms with Gasteiger partial charge < -0.3 is 0 Å². The van der Waals surface area contributed by atoms with Crippen LogP contribution in [0.4, 0.5) is 4.39 Å². The van der Waals surface area contributed by atoms with Crippen LogP contribution in [-0.4, -0.2) is 25.8 Å². The van der Waals surface area contributed by atoms with Gasteiger partial charge >= 0.3 is 0 Å². The maximum absolute atomic E-state index is 13.5. The molecule has 0 bridgehead atoms. The zero-order chi connectivity index (χ0) is 12.9. The Morgan fingerprint density at radius 2 is 2.06 bits per heavy atom. The van der Waals surface area contributed by atoms with Gasteiger partial charge in [0, 0.05) is 13.1 Å². The molecule has 0 aliphatic carbocycles. The van der Waals surface area contributed by atoms with Gasteiger partial charge in [0.15, 0.2) is 0 Å². The quantitative estimate of drug-likeness (QED) is 0.734. The summed E-state index contributed by atoms with van der Waals surface area (Å²) >= 11 is 0. The van der Waals surface area contributed by atoms with Crippen LogP contribution in [0.1, 0.15) is 13.3 Å². The van der Waals surface area contributed by atoms with Crippen molar-refractivity contribution in [1.82, 2.24) is 4.31 Å². The van der Waals surface area contributed by atoms with Crippen LogP contribution in [0.5, 0.6) is 0 Å². The predicted octanol–water partition coefficient (Wildman–Crippen LogP) is 2.41. The highest BCUT2D eigenvalue weighted by Gasteiger charge is 2.25. The van der Waals surface area contributed by atoms with Gasteiger partial charge in [0.1, 0.15) is 10.7 Å². The summed E-state index contributed by atoms with van der Waals surface area (Å²) in [4.78, 5) is -0.282. The van der Waals surface area contributed by atoms with Gasteiger partial charge in [-0.3, -0.25) is 0 Å². The lowest BCUT2D eigenvalue weighted by molar-refractivity contribution is 0.436. The second kappa shape index (κ2) is 5.93. The van der Waals surface area contributed by atoms with E-state index >= 15 is 0 Å². The molecule has 0 unspecified atom stereocenters. The fourth-order valence-corrected chi connectivity index (χ4v) is 3.06. The van der Waals surface area contributed by atoms with Crippen molar-refractivity contribution in [2.75, 3.05) is 13.1 Å². The number of rotatable bonds is 6. The molecule has 3 nitrogen and oxygen atoms in total. The third-order valence-corrected chi connectivity index (χ3v) is 4.16. The first-order valence-electron chi connectivity index (χ1n) is 5.39. The molecular weight excluding hydrogens is 241 g/mol. The third kappa shape index (κ3) is 3.14. The molecule has 0 N–H and O–H groups in total. The summed E-state index contributed by atoms with van der Waals surface area (Å²) in [5.74, 6) is -0.724. The Balaban J connectivity index is 3.16. The monoisotopic (exact) mass is 257 g/mol. The summed E-state index contributed by atoms with van der Waals surface area (Å²) in [5, 5.41) is 0.